The van der Waals surface area contributed by atoms with E-state index < -0.39 is 10.0 Å². The summed E-state index contributed by atoms with van der Waals surface area (Å²) >= 11 is 0. The molecule has 1 aliphatic rings. The van der Waals surface area contributed by atoms with Crippen LogP contribution in [0, 0.1) is 0 Å². The number of nitrogens with zero attached hydrogens (tertiary/aromatic N) is 1. The van der Waals surface area contributed by atoms with E-state index in [4.69, 9.17) is 0 Å². The first kappa shape index (κ1) is 17.3. The highest BCUT2D eigenvalue weighted by Crippen LogP contribution is 2.30. The minimum absolute atomic E-state index is 0.177. The number of aromatic amines is 1. The number of nitrogens with one attached hydrogen (secondary N) is 1. The van der Waals surface area contributed by atoms with E-state index in [9.17, 15) is 8.42 Å². The Morgan fingerprint density at radius 3 is 2.62 bits per heavy atom. The third kappa shape index (κ3) is 3.69. The van der Waals surface area contributed by atoms with Crippen LogP contribution in [0.3, 0.4) is 0 Å². The van der Waals surface area contributed by atoms with Gasteiger partial charge in [0.1, 0.15) is 0 Å². The van der Waals surface area contributed by atoms with E-state index in [0.717, 1.165) is 29.6 Å². The molecular weight excluding hydrogens is 344 g/mol. The Labute approximate surface area is 154 Å². The van der Waals surface area contributed by atoms with Gasteiger partial charge in [0.2, 0.25) is 10.0 Å². The number of aromatic nitrogens is 1. The molecule has 0 bridgehead atoms. The van der Waals surface area contributed by atoms with E-state index in [1.807, 2.05) is 42.5 Å². The van der Waals surface area contributed by atoms with Gasteiger partial charge in [0.05, 0.1) is 5.75 Å². The smallest absolute Gasteiger partial charge is 0.214 e. The van der Waals surface area contributed by atoms with Crippen LogP contribution in [0.2, 0.25) is 0 Å². The fourth-order valence-electron chi connectivity index (χ4n) is 3.79. The van der Waals surface area contributed by atoms with Gasteiger partial charge >= 0.3 is 0 Å². The van der Waals surface area contributed by atoms with E-state index >= 15 is 0 Å². The number of benzene rings is 2. The summed E-state index contributed by atoms with van der Waals surface area (Å²) in [5.74, 6) is 0.416. The Hall–Kier alpha value is -2.11. The Kier molecular flexibility index (Phi) is 4.83. The van der Waals surface area contributed by atoms with E-state index in [1.54, 1.807) is 4.31 Å². The van der Waals surface area contributed by atoms with Crippen molar-refractivity contribution in [3.63, 3.8) is 0 Å². The number of aryl methyl sites for hydroxylation is 1. The maximum atomic E-state index is 12.8. The van der Waals surface area contributed by atoms with Crippen molar-refractivity contribution in [1.29, 1.82) is 0 Å². The molecule has 2 aromatic carbocycles. The Morgan fingerprint density at radius 2 is 1.81 bits per heavy atom. The molecule has 0 saturated carbocycles. The summed E-state index contributed by atoms with van der Waals surface area (Å²) in [6.07, 6.45) is 2.50. The zero-order chi connectivity index (χ0) is 18.0. The lowest BCUT2D eigenvalue weighted by molar-refractivity contribution is 0.313. The summed E-state index contributed by atoms with van der Waals surface area (Å²) < 4.78 is 27.3. The van der Waals surface area contributed by atoms with Crippen LogP contribution < -0.4 is 0 Å². The number of piperidine rings is 1. The van der Waals surface area contributed by atoms with Crippen LogP contribution in [0.1, 0.15) is 30.0 Å². The fraction of sp³-hybridized carbons (Fsp3) is 0.333. The number of H-pyrrole nitrogens is 1. The van der Waals surface area contributed by atoms with Gasteiger partial charge in [-0.25, -0.2) is 12.7 Å². The second kappa shape index (κ2) is 7.25. The quantitative estimate of drug-likeness (QED) is 0.742. The molecule has 26 heavy (non-hydrogen) atoms. The van der Waals surface area contributed by atoms with Crippen molar-refractivity contribution in [2.45, 2.75) is 25.2 Å². The zero-order valence-electron chi connectivity index (χ0n) is 14.8. The molecule has 4 nitrogen and oxygen atoms in total. The van der Waals surface area contributed by atoms with Crippen LogP contribution in [0.4, 0.5) is 0 Å². The van der Waals surface area contributed by atoms with Crippen LogP contribution in [0.5, 0.6) is 0 Å². The molecule has 0 aliphatic carbocycles. The van der Waals surface area contributed by atoms with Gasteiger partial charge in [0.25, 0.3) is 0 Å². The van der Waals surface area contributed by atoms with Crippen molar-refractivity contribution in [3.8, 4) is 0 Å². The molecule has 1 aromatic heterocycles. The second-order valence-electron chi connectivity index (χ2n) is 7.06. The van der Waals surface area contributed by atoms with E-state index in [2.05, 4.69) is 23.2 Å². The first-order valence-electron chi connectivity index (χ1n) is 9.21. The molecule has 1 atom stereocenters. The molecule has 4 rings (SSSR count). The third-order valence-corrected chi connectivity index (χ3v) is 7.10. The van der Waals surface area contributed by atoms with Crippen LogP contribution in [-0.4, -0.2) is 36.5 Å². The van der Waals surface area contributed by atoms with Crippen molar-refractivity contribution in [3.05, 3.63) is 71.9 Å². The highest BCUT2D eigenvalue weighted by molar-refractivity contribution is 7.89. The summed E-state index contributed by atoms with van der Waals surface area (Å²) in [5.41, 5.74) is 3.33. The maximum absolute atomic E-state index is 12.8. The van der Waals surface area contributed by atoms with Crippen LogP contribution in [0.25, 0.3) is 10.9 Å². The maximum Gasteiger partial charge on any atom is 0.214 e. The van der Waals surface area contributed by atoms with E-state index in [1.165, 1.54) is 5.39 Å². The average molecular weight is 369 g/mol. The molecule has 1 aliphatic heterocycles. The standard InChI is InChI=1S/C21H24N2O2S/c24-26(25,14-12-17-7-2-1-3-8-17)23-13-6-10-19(16-23)21-15-18-9-4-5-11-20(18)22-21/h1-5,7-9,11,15,19,22H,6,10,12-14,16H2. The molecule has 1 fully saturated rings. The average Bonchev–Trinajstić information content (AvgIpc) is 3.12. The first-order valence-corrected chi connectivity index (χ1v) is 10.8. The minimum Gasteiger partial charge on any atom is -0.358 e. The number of fused-ring (bicyclic) bond motifs is 1. The van der Waals surface area contributed by atoms with Gasteiger partial charge in [-0.15, -0.1) is 0 Å². The van der Waals surface area contributed by atoms with Crippen LogP contribution in [0.15, 0.2) is 60.7 Å². The molecule has 2 heterocycles. The zero-order valence-corrected chi connectivity index (χ0v) is 15.6. The summed E-state index contributed by atoms with van der Waals surface area (Å²) in [7, 11) is -3.23. The largest absolute Gasteiger partial charge is 0.358 e. The van der Waals surface area contributed by atoms with Crippen molar-refractivity contribution in [1.82, 2.24) is 9.29 Å². The third-order valence-electron chi connectivity index (χ3n) is 5.26. The number of hydrogen-bond acceptors (Lipinski definition) is 2. The summed E-state index contributed by atoms with van der Waals surface area (Å²) in [6.45, 7) is 1.21. The highest BCUT2D eigenvalue weighted by atomic mass is 32.2. The lowest BCUT2D eigenvalue weighted by atomic mass is 9.96. The summed E-state index contributed by atoms with van der Waals surface area (Å²) in [4.78, 5) is 3.47. The normalized spacial score (nSPS) is 19.0. The van der Waals surface area contributed by atoms with Crippen molar-refractivity contribution in [2.75, 3.05) is 18.8 Å². The SMILES string of the molecule is O=S(=O)(CCc1ccccc1)N1CCCC(c2cc3ccccc3[nH]2)C1. The molecule has 5 heteroatoms. The summed E-state index contributed by atoms with van der Waals surface area (Å²) in [6, 6.07) is 20.2. The molecule has 3 aromatic rings. The molecule has 1 saturated heterocycles. The van der Waals surface area contributed by atoms with Gasteiger partial charge in [0.15, 0.2) is 0 Å². The predicted molar refractivity (Wildman–Crippen MR) is 106 cm³/mol. The molecule has 0 spiro atoms. The number of para-hydroxylation sites is 1. The van der Waals surface area contributed by atoms with Crippen LogP contribution in [-0.2, 0) is 16.4 Å². The molecule has 1 N–H and O–H groups in total. The molecular formula is C21H24N2O2S. The molecule has 0 amide bonds. The van der Waals surface area contributed by atoms with Gasteiger partial charge < -0.3 is 4.98 Å². The van der Waals surface area contributed by atoms with E-state index in [-0.39, 0.29) is 11.7 Å². The summed E-state index contributed by atoms with van der Waals surface area (Å²) in [5, 5.41) is 1.19. The predicted octanol–water partition coefficient (Wildman–Crippen LogP) is 3.92. The lowest BCUT2D eigenvalue weighted by Gasteiger charge is -2.31. The molecule has 136 valence electrons. The highest BCUT2D eigenvalue weighted by Gasteiger charge is 2.30. The van der Waals surface area contributed by atoms with Gasteiger partial charge in [-0.05, 0) is 42.3 Å². The van der Waals surface area contributed by atoms with Gasteiger partial charge in [0, 0.05) is 30.2 Å². The lowest BCUT2D eigenvalue weighted by Crippen LogP contribution is -2.40. The molecule has 0 radical (unpaired) electrons. The Bertz CT molecular complexity index is 946. The Balaban J connectivity index is 1.47. The second-order valence-corrected chi connectivity index (χ2v) is 9.15. The van der Waals surface area contributed by atoms with Crippen molar-refractivity contribution >= 4 is 20.9 Å². The Morgan fingerprint density at radius 1 is 1.04 bits per heavy atom. The monoisotopic (exact) mass is 368 g/mol. The first-order chi connectivity index (χ1) is 12.6. The number of rotatable bonds is 5. The van der Waals surface area contributed by atoms with Crippen LogP contribution >= 0.6 is 0 Å². The molecule has 1 unspecified atom stereocenters. The number of hydrogen-bond donors (Lipinski definition) is 1. The van der Waals surface area contributed by atoms with Crippen molar-refractivity contribution in [2.24, 2.45) is 0 Å². The minimum atomic E-state index is -3.23. The van der Waals surface area contributed by atoms with Gasteiger partial charge in [-0.3, -0.25) is 0 Å². The van der Waals surface area contributed by atoms with Gasteiger partial charge in [-0.1, -0.05) is 48.5 Å². The number of sulfonamides is 1. The van der Waals surface area contributed by atoms with E-state index in [0.29, 0.717) is 19.5 Å². The fourth-order valence-corrected chi connectivity index (χ4v) is 5.35. The topological polar surface area (TPSA) is 53.2 Å². The van der Waals surface area contributed by atoms with Gasteiger partial charge in [-0.2, -0.15) is 0 Å². The van der Waals surface area contributed by atoms with Crippen molar-refractivity contribution < 1.29 is 8.42 Å².